The highest BCUT2D eigenvalue weighted by Gasteiger charge is 2.25. The van der Waals surface area contributed by atoms with Crippen LogP contribution in [0.4, 0.5) is 16.2 Å². The summed E-state index contributed by atoms with van der Waals surface area (Å²) in [4.78, 5) is 37.0. The van der Waals surface area contributed by atoms with Gasteiger partial charge in [-0.3, -0.25) is 14.2 Å². The second kappa shape index (κ2) is 10.3. The number of benzene rings is 2. The number of pyridine rings is 1. The van der Waals surface area contributed by atoms with Crippen molar-refractivity contribution in [2.45, 2.75) is 6.04 Å². The van der Waals surface area contributed by atoms with Crippen molar-refractivity contribution in [3.8, 4) is 5.69 Å². The summed E-state index contributed by atoms with van der Waals surface area (Å²) < 4.78 is 25.1. The molecule has 0 spiro atoms. The van der Waals surface area contributed by atoms with Gasteiger partial charge < -0.3 is 16.0 Å². The van der Waals surface area contributed by atoms with E-state index in [1.54, 1.807) is 66.9 Å². The monoisotopic (exact) mass is 488 g/mol. The molecule has 0 saturated heterocycles. The molecular formula is C22H21ClN4O5S. The minimum Gasteiger partial charge on any atom is -0.325 e. The van der Waals surface area contributed by atoms with Gasteiger partial charge in [0, 0.05) is 40.6 Å². The highest BCUT2D eigenvalue weighted by Crippen LogP contribution is 2.14. The number of halogens is 1. The van der Waals surface area contributed by atoms with Crippen LogP contribution in [-0.2, 0) is 14.6 Å². The van der Waals surface area contributed by atoms with Crippen LogP contribution in [0.2, 0.25) is 5.02 Å². The second-order valence-corrected chi connectivity index (χ2v) is 9.82. The number of carbonyl (C=O) groups is 2. The molecule has 0 bridgehead atoms. The summed E-state index contributed by atoms with van der Waals surface area (Å²) >= 11 is 5.81. The van der Waals surface area contributed by atoms with E-state index >= 15 is 0 Å². The van der Waals surface area contributed by atoms with Crippen LogP contribution in [0.15, 0.2) is 77.7 Å². The fourth-order valence-corrected chi connectivity index (χ4v) is 3.89. The molecule has 1 atom stereocenters. The molecule has 1 aromatic heterocycles. The Morgan fingerprint density at radius 3 is 2.15 bits per heavy atom. The fraction of sp³-hybridized carbons (Fsp3) is 0.136. The largest absolute Gasteiger partial charge is 0.325 e. The Balaban J connectivity index is 1.71. The number of sulfone groups is 1. The number of nitrogens with one attached hydrogen (secondary N) is 3. The first-order chi connectivity index (χ1) is 15.6. The molecule has 1 unspecified atom stereocenters. The SMILES string of the molecule is CS(=O)(=O)CC(NC(=O)Nc1ccc(Cl)cc1)C(=O)Nc1ccc(-n2ccccc2=O)cc1. The van der Waals surface area contributed by atoms with E-state index in [1.807, 2.05) is 0 Å². The molecule has 9 nitrogen and oxygen atoms in total. The lowest BCUT2D eigenvalue weighted by Crippen LogP contribution is -2.49. The number of rotatable bonds is 7. The summed E-state index contributed by atoms with van der Waals surface area (Å²) in [6.45, 7) is 0. The average molecular weight is 489 g/mol. The molecule has 11 heteroatoms. The zero-order valence-electron chi connectivity index (χ0n) is 17.5. The summed E-state index contributed by atoms with van der Waals surface area (Å²) in [5, 5.41) is 7.97. The van der Waals surface area contributed by atoms with Gasteiger partial charge in [0.1, 0.15) is 15.9 Å². The summed E-state index contributed by atoms with van der Waals surface area (Å²) in [7, 11) is -3.59. The molecule has 3 rings (SSSR count). The van der Waals surface area contributed by atoms with Crippen molar-refractivity contribution in [3.63, 3.8) is 0 Å². The molecule has 0 aliphatic rings. The third-order valence-corrected chi connectivity index (χ3v) is 5.62. The van der Waals surface area contributed by atoms with Crippen LogP contribution < -0.4 is 21.5 Å². The van der Waals surface area contributed by atoms with Crippen molar-refractivity contribution >= 4 is 44.8 Å². The maximum Gasteiger partial charge on any atom is 0.319 e. The highest BCUT2D eigenvalue weighted by molar-refractivity contribution is 7.90. The van der Waals surface area contributed by atoms with Crippen molar-refractivity contribution in [1.29, 1.82) is 0 Å². The van der Waals surface area contributed by atoms with Gasteiger partial charge in [0.2, 0.25) is 5.91 Å². The molecule has 0 radical (unpaired) electrons. The predicted molar refractivity (Wildman–Crippen MR) is 128 cm³/mol. The fourth-order valence-electron chi connectivity index (χ4n) is 2.92. The van der Waals surface area contributed by atoms with Crippen molar-refractivity contribution in [2.75, 3.05) is 22.6 Å². The van der Waals surface area contributed by atoms with Gasteiger partial charge in [-0.15, -0.1) is 0 Å². The van der Waals surface area contributed by atoms with Crippen LogP contribution in [0.5, 0.6) is 0 Å². The van der Waals surface area contributed by atoms with E-state index in [-0.39, 0.29) is 5.56 Å². The molecule has 0 aliphatic heterocycles. The maximum absolute atomic E-state index is 12.7. The number of carbonyl (C=O) groups excluding carboxylic acids is 2. The maximum atomic E-state index is 12.7. The van der Waals surface area contributed by atoms with Crippen LogP contribution in [0.25, 0.3) is 5.69 Å². The Bertz CT molecular complexity index is 1310. The Morgan fingerprint density at radius 1 is 0.939 bits per heavy atom. The molecule has 0 saturated carbocycles. The van der Waals surface area contributed by atoms with Crippen LogP contribution in [0, 0.1) is 0 Å². The van der Waals surface area contributed by atoms with Crippen LogP contribution in [0.1, 0.15) is 0 Å². The zero-order chi connectivity index (χ0) is 24.0. The molecule has 3 N–H and O–H groups in total. The van der Waals surface area contributed by atoms with Crippen molar-refractivity contribution in [3.05, 3.63) is 88.3 Å². The van der Waals surface area contributed by atoms with E-state index in [1.165, 1.54) is 10.6 Å². The van der Waals surface area contributed by atoms with Crippen molar-refractivity contribution < 1.29 is 18.0 Å². The normalized spacial score (nSPS) is 11.9. The lowest BCUT2D eigenvalue weighted by atomic mass is 10.2. The van der Waals surface area contributed by atoms with E-state index in [0.29, 0.717) is 22.1 Å². The molecule has 33 heavy (non-hydrogen) atoms. The molecule has 172 valence electrons. The summed E-state index contributed by atoms with van der Waals surface area (Å²) in [5.74, 6) is -1.30. The van der Waals surface area contributed by atoms with Gasteiger partial charge in [-0.1, -0.05) is 17.7 Å². The minimum atomic E-state index is -3.59. The van der Waals surface area contributed by atoms with Gasteiger partial charge in [0.15, 0.2) is 0 Å². The molecule has 1 heterocycles. The zero-order valence-corrected chi connectivity index (χ0v) is 19.1. The Hall–Kier alpha value is -3.63. The number of anilines is 2. The number of hydrogen-bond acceptors (Lipinski definition) is 5. The topological polar surface area (TPSA) is 126 Å². The average Bonchev–Trinajstić information content (AvgIpc) is 2.75. The first-order valence-electron chi connectivity index (χ1n) is 9.70. The Morgan fingerprint density at radius 2 is 1.55 bits per heavy atom. The second-order valence-electron chi connectivity index (χ2n) is 7.20. The van der Waals surface area contributed by atoms with Crippen LogP contribution >= 0.6 is 11.6 Å². The number of amides is 3. The lowest BCUT2D eigenvalue weighted by Gasteiger charge is -2.18. The third-order valence-electron chi connectivity index (χ3n) is 4.43. The number of hydrogen-bond donors (Lipinski definition) is 3. The number of aromatic nitrogens is 1. The molecule has 0 aliphatic carbocycles. The van der Waals surface area contributed by atoms with Gasteiger partial charge in [-0.05, 0) is 54.6 Å². The molecule has 3 amide bonds. The van der Waals surface area contributed by atoms with Crippen LogP contribution in [-0.4, -0.2) is 43.0 Å². The van der Waals surface area contributed by atoms with Gasteiger partial charge in [0.25, 0.3) is 5.56 Å². The van der Waals surface area contributed by atoms with Gasteiger partial charge in [-0.2, -0.15) is 0 Å². The quantitative estimate of drug-likeness (QED) is 0.471. The highest BCUT2D eigenvalue weighted by atomic mass is 35.5. The van der Waals surface area contributed by atoms with E-state index in [0.717, 1.165) is 6.26 Å². The summed E-state index contributed by atoms with van der Waals surface area (Å²) in [6.07, 6.45) is 2.58. The predicted octanol–water partition coefficient (Wildman–Crippen LogP) is 2.66. The van der Waals surface area contributed by atoms with Gasteiger partial charge in [-0.25, -0.2) is 13.2 Å². The van der Waals surface area contributed by atoms with Crippen molar-refractivity contribution in [1.82, 2.24) is 9.88 Å². The molecule has 3 aromatic rings. The van der Waals surface area contributed by atoms with Crippen LogP contribution in [0.3, 0.4) is 0 Å². The Labute approximate surface area is 195 Å². The third kappa shape index (κ3) is 7.19. The van der Waals surface area contributed by atoms with Crippen molar-refractivity contribution in [2.24, 2.45) is 0 Å². The standard InChI is InChI=1S/C22H21ClN4O5S/c1-33(31,32)14-19(26-22(30)25-17-7-5-15(23)6-8-17)21(29)24-16-9-11-18(12-10-16)27-13-3-2-4-20(27)28/h2-13,19H,14H2,1H3,(H,24,29)(H2,25,26,30). The molecular weight excluding hydrogens is 468 g/mol. The summed E-state index contributed by atoms with van der Waals surface area (Å²) in [6, 6.07) is 15.3. The smallest absolute Gasteiger partial charge is 0.319 e. The lowest BCUT2D eigenvalue weighted by molar-refractivity contribution is -0.117. The summed E-state index contributed by atoms with van der Waals surface area (Å²) in [5.41, 5.74) is 1.17. The van der Waals surface area contributed by atoms with E-state index < -0.39 is 33.6 Å². The minimum absolute atomic E-state index is 0.210. The van der Waals surface area contributed by atoms with E-state index in [4.69, 9.17) is 11.6 Å². The molecule has 0 fully saturated rings. The van der Waals surface area contributed by atoms with E-state index in [2.05, 4.69) is 16.0 Å². The van der Waals surface area contributed by atoms with Gasteiger partial charge in [0.05, 0.1) is 5.75 Å². The Kier molecular flexibility index (Phi) is 7.52. The number of nitrogens with zero attached hydrogens (tertiary/aromatic N) is 1. The first kappa shape index (κ1) is 24.0. The number of urea groups is 1. The molecule has 2 aromatic carbocycles. The first-order valence-corrected chi connectivity index (χ1v) is 12.1. The van der Waals surface area contributed by atoms with E-state index in [9.17, 15) is 22.8 Å². The van der Waals surface area contributed by atoms with Gasteiger partial charge >= 0.3 is 6.03 Å².